The summed E-state index contributed by atoms with van der Waals surface area (Å²) in [4.78, 5) is 9.47. The van der Waals surface area contributed by atoms with E-state index in [9.17, 15) is 0 Å². The molecule has 2 heterocycles. The van der Waals surface area contributed by atoms with Gasteiger partial charge in [0.1, 0.15) is 0 Å². The van der Waals surface area contributed by atoms with Gasteiger partial charge in [-0.15, -0.1) is 0 Å². The molecule has 1 aliphatic heterocycles. The van der Waals surface area contributed by atoms with Crippen LogP contribution in [0, 0.1) is 5.92 Å². The summed E-state index contributed by atoms with van der Waals surface area (Å²) < 4.78 is 1.83. The lowest BCUT2D eigenvalue weighted by Crippen LogP contribution is -2.38. The largest absolute Gasteiger partial charge is 0.372 e. The van der Waals surface area contributed by atoms with Gasteiger partial charge in [-0.25, -0.2) is 4.99 Å². The number of aryl methyl sites for hydroxylation is 1. The van der Waals surface area contributed by atoms with Crippen LogP contribution in [-0.4, -0.2) is 47.3 Å². The fourth-order valence-corrected chi connectivity index (χ4v) is 3.62. The zero-order chi connectivity index (χ0) is 19.9. The molecule has 0 unspecified atom stereocenters. The third-order valence-corrected chi connectivity index (χ3v) is 5.37. The third-order valence-electron chi connectivity index (χ3n) is 5.37. The van der Waals surface area contributed by atoms with Gasteiger partial charge in [-0.05, 0) is 43.4 Å². The van der Waals surface area contributed by atoms with Gasteiger partial charge >= 0.3 is 0 Å². The van der Waals surface area contributed by atoms with Crippen LogP contribution in [0.4, 0.5) is 5.69 Å². The van der Waals surface area contributed by atoms with Crippen molar-refractivity contribution in [2.45, 2.75) is 39.8 Å². The Morgan fingerprint density at radius 2 is 1.93 bits per heavy atom. The summed E-state index contributed by atoms with van der Waals surface area (Å²) in [6.45, 7) is 9.10. The van der Waals surface area contributed by atoms with Gasteiger partial charge in [-0.3, -0.25) is 4.68 Å². The van der Waals surface area contributed by atoms with E-state index in [2.05, 4.69) is 65.4 Å². The minimum Gasteiger partial charge on any atom is -0.372 e. The minimum absolute atomic E-state index is 0.678. The highest BCUT2D eigenvalue weighted by Gasteiger charge is 2.15. The normalized spacial score (nSPS) is 15.7. The van der Waals surface area contributed by atoms with Crippen molar-refractivity contribution in [1.82, 2.24) is 20.0 Å². The van der Waals surface area contributed by atoms with E-state index in [-0.39, 0.29) is 0 Å². The average molecular weight is 383 g/mol. The molecule has 1 aliphatic rings. The molecule has 0 bridgehead atoms. The van der Waals surface area contributed by atoms with Gasteiger partial charge in [0, 0.05) is 57.7 Å². The Bertz CT molecular complexity index is 756. The first-order chi connectivity index (χ1) is 13.5. The number of nitrogens with zero attached hydrogens (tertiary/aromatic N) is 5. The number of aliphatic imine (C=N–C) groups is 1. The predicted octanol–water partition coefficient (Wildman–Crippen LogP) is 3.25. The molecule has 152 valence electrons. The van der Waals surface area contributed by atoms with Gasteiger partial charge in [0.15, 0.2) is 5.96 Å². The topological polar surface area (TPSA) is 48.7 Å². The highest BCUT2D eigenvalue weighted by Crippen LogP contribution is 2.23. The highest BCUT2D eigenvalue weighted by atomic mass is 15.3. The first kappa shape index (κ1) is 20.2. The van der Waals surface area contributed by atoms with E-state index in [0.29, 0.717) is 6.54 Å². The van der Waals surface area contributed by atoms with Crippen molar-refractivity contribution >= 4 is 11.6 Å². The molecular weight excluding hydrogens is 348 g/mol. The molecular formula is C22H34N6. The van der Waals surface area contributed by atoms with E-state index in [1.165, 1.54) is 42.7 Å². The van der Waals surface area contributed by atoms with Crippen LogP contribution in [0.3, 0.4) is 0 Å². The Hall–Kier alpha value is -2.50. The van der Waals surface area contributed by atoms with Crippen LogP contribution in [0.1, 0.15) is 37.8 Å². The van der Waals surface area contributed by atoms with Gasteiger partial charge in [-0.1, -0.05) is 19.1 Å². The van der Waals surface area contributed by atoms with Crippen LogP contribution in [0.5, 0.6) is 0 Å². The molecule has 28 heavy (non-hydrogen) atoms. The number of piperidine rings is 1. The van der Waals surface area contributed by atoms with Crippen molar-refractivity contribution in [3.05, 3.63) is 47.8 Å². The van der Waals surface area contributed by atoms with E-state index in [1.807, 2.05) is 24.1 Å². The molecule has 0 radical (unpaired) electrons. The van der Waals surface area contributed by atoms with Crippen molar-refractivity contribution in [1.29, 1.82) is 0 Å². The molecule has 1 aromatic carbocycles. The first-order valence-corrected chi connectivity index (χ1v) is 10.4. The Labute approximate surface area is 169 Å². The number of rotatable bonds is 6. The molecule has 6 heteroatoms. The number of anilines is 1. The first-order valence-electron chi connectivity index (χ1n) is 10.4. The number of nitrogens with one attached hydrogen (secondary N) is 1. The van der Waals surface area contributed by atoms with Crippen molar-refractivity contribution < 1.29 is 0 Å². The van der Waals surface area contributed by atoms with Crippen LogP contribution in [-0.2, 0) is 20.1 Å². The van der Waals surface area contributed by atoms with E-state index in [1.54, 1.807) is 0 Å². The van der Waals surface area contributed by atoms with Crippen LogP contribution in [0.25, 0.3) is 0 Å². The maximum absolute atomic E-state index is 4.83. The summed E-state index contributed by atoms with van der Waals surface area (Å²) in [5.41, 5.74) is 3.75. The lowest BCUT2D eigenvalue weighted by atomic mass is 9.99. The van der Waals surface area contributed by atoms with Crippen molar-refractivity contribution in [2.24, 2.45) is 18.0 Å². The second-order valence-corrected chi connectivity index (χ2v) is 7.88. The smallest absolute Gasteiger partial charge is 0.194 e. The molecule has 3 rings (SSSR count). The highest BCUT2D eigenvalue weighted by molar-refractivity contribution is 5.79. The number of hydrogen-bond acceptors (Lipinski definition) is 3. The summed E-state index contributed by atoms with van der Waals surface area (Å²) in [5.74, 6) is 1.78. The predicted molar refractivity (Wildman–Crippen MR) is 117 cm³/mol. The quantitative estimate of drug-likeness (QED) is 0.615. The number of benzene rings is 1. The van der Waals surface area contributed by atoms with E-state index >= 15 is 0 Å². The summed E-state index contributed by atoms with van der Waals surface area (Å²) in [5, 5.41) is 7.63. The van der Waals surface area contributed by atoms with Gasteiger partial charge < -0.3 is 15.1 Å². The molecule has 2 aromatic rings. The number of aromatic nitrogens is 2. The molecule has 0 spiro atoms. The average Bonchev–Trinajstić information content (AvgIpc) is 3.10. The summed E-state index contributed by atoms with van der Waals surface area (Å²) in [6.07, 6.45) is 6.53. The standard InChI is InChI=1S/C22H34N6/c1-5-23-22(26(3)16-20-15-25-27(4)17-20)24-14-19-6-8-21(9-7-19)28-12-10-18(2)11-13-28/h6-9,15,17-18H,5,10-14,16H2,1-4H3,(H,23,24). The maximum atomic E-state index is 4.83. The fourth-order valence-electron chi connectivity index (χ4n) is 3.62. The van der Waals surface area contributed by atoms with E-state index in [0.717, 1.165) is 25.0 Å². The third kappa shape index (κ3) is 5.50. The van der Waals surface area contributed by atoms with Crippen molar-refractivity contribution in [3.63, 3.8) is 0 Å². The Balaban J connectivity index is 1.60. The maximum Gasteiger partial charge on any atom is 0.194 e. The molecule has 6 nitrogen and oxygen atoms in total. The zero-order valence-electron chi connectivity index (χ0n) is 17.7. The Morgan fingerprint density at radius 3 is 2.54 bits per heavy atom. The van der Waals surface area contributed by atoms with Crippen LogP contribution in [0.2, 0.25) is 0 Å². The van der Waals surface area contributed by atoms with Crippen molar-refractivity contribution in [2.75, 3.05) is 31.6 Å². The number of hydrogen-bond donors (Lipinski definition) is 1. The van der Waals surface area contributed by atoms with Gasteiger partial charge in [0.2, 0.25) is 0 Å². The van der Waals surface area contributed by atoms with E-state index < -0.39 is 0 Å². The Morgan fingerprint density at radius 1 is 1.21 bits per heavy atom. The lowest BCUT2D eigenvalue weighted by molar-refractivity contribution is 0.438. The molecule has 0 atom stereocenters. The minimum atomic E-state index is 0.678. The second-order valence-electron chi connectivity index (χ2n) is 7.88. The molecule has 0 amide bonds. The molecule has 0 aliphatic carbocycles. The van der Waals surface area contributed by atoms with Crippen molar-refractivity contribution in [3.8, 4) is 0 Å². The van der Waals surface area contributed by atoms with Gasteiger partial charge in [-0.2, -0.15) is 5.10 Å². The van der Waals surface area contributed by atoms with Crippen LogP contribution in [0.15, 0.2) is 41.7 Å². The van der Waals surface area contributed by atoms with Gasteiger partial charge in [0.25, 0.3) is 0 Å². The van der Waals surface area contributed by atoms with E-state index in [4.69, 9.17) is 4.99 Å². The number of guanidine groups is 1. The monoisotopic (exact) mass is 382 g/mol. The molecule has 1 saturated heterocycles. The molecule has 0 saturated carbocycles. The SMILES string of the molecule is CCNC(=NCc1ccc(N2CCC(C)CC2)cc1)N(C)Cc1cnn(C)c1. The molecule has 1 aromatic heterocycles. The van der Waals surface area contributed by atoms with Gasteiger partial charge in [0.05, 0.1) is 12.7 Å². The summed E-state index contributed by atoms with van der Waals surface area (Å²) in [7, 11) is 4.01. The molecule has 1 N–H and O–H groups in total. The summed E-state index contributed by atoms with van der Waals surface area (Å²) >= 11 is 0. The van der Waals surface area contributed by atoms with Crippen LogP contribution >= 0.6 is 0 Å². The lowest BCUT2D eigenvalue weighted by Gasteiger charge is -2.32. The summed E-state index contributed by atoms with van der Waals surface area (Å²) in [6, 6.07) is 8.91. The zero-order valence-corrected chi connectivity index (χ0v) is 17.7. The fraction of sp³-hybridized carbons (Fsp3) is 0.545. The molecule has 1 fully saturated rings. The Kier molecular flexibility index (Phi) is 6.95. The van der Waals surface area contributed by atoms with Crippen LogP contribution < -0.4 is 10.2 Å². The second kappa shape index (κ2) is 9.62.